The van der Waals surface area contributed by atoms with Crippen LogP contribution in [0.4, 0.5) is 11.5 Å². The number of alkyl halides is 2. The van der Waals surface area contributed by atoms with E-state index < -0.39 is 0 Å². The van der Waals surface area contributed by atoms with Crippen LogP contribution in [-0.2, 0) is 7.05 Å². The number of aryl methyl sites for hydroxylation is 1. The van der Waals surface area contributed by atoms with Gasteiger partial charge >= 0.3 is 0 Å². The van der Waals surface area contributed by atoms with Crippen LogP contribution in [0, 0.1) is 5.41 Å². The van der Waals surface area contributed by atoms with Gasteiger partial charge in [0, 0.05) is 67.9 Å². The lowest BCUT2D eigenvalue weighted by Gasteiger charge is -2.22. The van der Waals surface area contributed by atoms with Crippen LogP contribution < -0.4 is 21.3 Å². The molecule has 0 bridgehead atoms. The van der Waals surface area contributed by atoms with Crippen molar-refractivity contribution in [2.24, 2.45) is 12.8 Å². The number of H-pyrrole nitrogens is 1. The third-order valence-electron chi connectivity index (χ3n) is 5.96. The smallest absolute Gasteiger partial charge is 0.256 e. The van der Waals surface area contributed by atoms with Crippen LogP contribution in [0.5, 0.6) is 0 Å². The van der Waals surface area contributed by atoms with Gasteiger partial charge in [-0.25, -0.2) is 9.97 Å². The second-order valence-electron chi connectivity index (χ2n) is 8.78. The van der Waals surface area contributed by atoms with Crippen molar-refractivity contribution in [2.75, 3.05) is 41.6 Å². The van der Waals surface area contributed by atoms with Gasteiger partial charge in [0.25, 0.3) is 11.8 Å². The van der Waals surface area contributed by atoms with Gasteiger partial charge in [-0.1, -0.05) is 0 Å². The number of nitrogens with zero attached hydrogens (tertiary/aromatic N) is 4. The fourth-order valence-electron chi connectivity index (χ4n) is 4.00. The monoisotopic (exact) mass is 605 g/mol. The number of imidazole rings is 2. The van der Waals surface area contributed by atoms with Gasteiger partial charge in [-0.15, -0.1) is 35.6 Å². The van der Waals surface area contributed by atoms with Gasteiger partial charge < -0.3 is 30.8 Å². The molecule has 0 aliphatic rings. The van der Waals surface area contributed by atoms with Crippen LogP contribution >= 0.6 is 35.6 Å². The van der Waals surface area contributed by atoms with E-state index in [1.54, 1.807) is 48.1 Å². The number of fused-ring (bicyclic) bond motifs is 1. The summed E-state index contributed by atoms with van der Waals surface area (Å²) in [6.45, 7) is 1.60. The molecular weight excluding hydrogens is 577 g/mol. The van der Waals surface area contributed by atoms with E-state index in [4.69, 9.17) is 34.3 Å². The van der Waals surface area contributed by atoms with Gasteiger partial charge in [0.05, 0.1) is 16.9 Å². The fourth-order valence-corrected chi connectivity index (χ4v) is 4.41. The topological polar surface area (TPSA) is 158 Å². The number of halogens is 3. The number of nitrogens with one attached hydrogen (secondary N) is 4. The summed E-state index contributed by atoms with van der Waals surface area (Å²) < 4.78 is 1.75. The van der Waals surface area contributed by atoms with Crippen LogP contribution in [0.2, 0.25) is 0 Å². The third kappa shape index (κ3) is 7.44. The maximum atomic E-state index is 12.9. The number of anilines is 2. The quantitative estimate of drug-likeness (QED) is 0.0932. The molecule has 4 rings (SSSR count). The predicted molar refractivity (Wildman–Crippen MR) is 162 cm³/mol. The van der Waals surface area contributed by atoms with Crippen LogP contribution in [0.1, 0.15) is 27.1 Å². The standard InChI is InChI=1S/C26H29Cl2N9O2.ClH/c1-36-15-22(35-26(39)16-2-5-18(6-3-16)37(12-9-27)13-10-28)34-24(36)23-32-19-7-4-17(14-20(19)33-23)25(38)31-11-8-21(29)30;/h2-7,14-15H,8-13H2,1H3,(H3,29,30)(H,31,38)(H,32,33)(H,35,39);1H. The van der Waals surface area contributed by atoms with Gasteiger partial charge in [-0.05, 0) is 42.5 Å². The van der Waals surface area contributed by atoms with E-state index in [0.29, 0.717) is 59.0 Å². The number of amides is 2. The van der Waals surface area contributed by atoms with Crippen molar-refractivity contribution in [1.82, 2.24) is 24.8 Å². The highest BCUT2D eigenvalue weighted by atomic mass is 35.5. The highest BCUT2D eigenvalue weighted by Gasteiger charge is 2.16. The summed E-state index contributed by atoms with van der Waals surface area (Å²) in [5.41, 5.74) is 8.52. The molecule has 2 heterocycles. The number of nitrogens with two attached hydrogens (primary N) is 1. The molecule has 0 aliphatic heterocycles. The Morgan fingerprint density at radius 1 is 1.05 bits per heavy atom. The van der Waals surface area contributed by atoms with Crippen LogP contribution in [0.15, 0.2) is 48.7 Å². The Morgan fingerprint density at radius 2 is 1.73 bits per heavy atom. The highest BCUT2D eigenvalue weighted by molar-refractivity contribution is 6.18. The first-order valence-electron chi connectivity index (χ1n) is 12.2. The number of hydrogen-bond acceptors (Lipinski definition) is 6. The average molecular weight is 607 g/mol. The molecule has 4 aromatic rings. The van der Waals surface area contributed by atoms with Gasteiger partial charge in [-0.3, -0.25) is 15.0 Å². The van der Waals surface area contributed by atoms with Gasteiger partial charge in [0.1, 0.15) is 0 Å². The Balaban J connectivity index is 0.00000441. The summed E-state index contributed by atoms with van der Waals surface area (Å²) in [7, 11) is 1.80. The molecule has 2 amide bonds. The van der Waals surface area contributed by atoms with E-state index >= 15 is 0 Å². The molecule has 0 radical (unpaired) electrons. The number of carbonyl (C=O) groups is 2. The number of aromatic amines is 1. The van der Waals surface area contributed by atoms with Crippen LogP contribution in [0.3, 0.4) is 0 Å². The Kier molecular flexibility index (Phi) is 10.8. The third-order valence-corrected chi connectivity index (χ3v) is 6.30. The zero-order chi connectivity index (χ0) is 27.9. The molecule has 0 aliphatic carbocycles. The summed E-state index contributed by atoms with van der Waals surface area (Å²) in [5, 5.41) is 12.8. The minimum atomic E-state index is -0.294. The number of rotatable bonds is 12. The predicted octanol–water partition coefficient (Wildman–Crippen LogP) is 3.98. The first-order chi connectivity index (χ1) is 18.8. The first kappa shape index (κ1) is 30.7. The zero-order valence-corrected chi connectivity index (χ0v) is 24.0. The lowest BCUT2D eigenvalue weighted by atomic mass is 10.2. The van der Waals surface area contributed by atoms with Crippen molar-refractivity contribution in [2.45, 2.75) is 6.42 Å². The van der Waals surface area contributed by atoms with Gasteiger partial charge in [-0.2, -0.15) is 0 Å². The van der Waals surface area contributed by atoms with Gasteiger partial charge in [0.15, 0.2) is 17.5 Å². The molecule has 40 heavy (non-hydrogen) atoms. The second kappa shape index (κ2) is 14.0. The SMILES string of the molecule is Cl.Cn1cc(NC(=O)c2ccc(N(CCCl)CCCl)cc2)nc1-c1nc2cc(C(=O)NCCC(=N)N)ccc2[nH]1. The first-order valence-corrected chi connectivity index (χ1v) is 13.3. The molecule has 0 fully saturated rings. The molecule has 11 nitrogen and oxygen atoms in total. The molecule has 0 saturated heterocycles. The number of aromatic nitrogens is 4. The largest absolute Gasteiger partial charge is 0.388 e. The summed E-state index contributed by atoms with van der Waals surface area (Å²) >= 11 is 11.8. The molecule has 14 heteroatoms. The molecule has 0 saturated carbocycles. The zero-order valence-electron chi connectivity index (χ0n) is 21.7. The highest BCUT2D eigenvalue weighted by Crippen LogP contribution is 2.23. The second-order valence-corrected chi connectivity index (χ2v) is 9.53. The molecule has 212 valence electrons. The Bertz CT molecular complexity index is 1480. The van der Waals surface area contributed by atoms with Crippen molar-refractivity contribution in [3.8, 4) is 11.6 Å². The molecule has 6 N–H and O–H groups in total. The molecule has 0 spiro atoms. The minimum absolute atomic E-state index is 0. The Morgan fingerprint density at radius 3 is 2.38 bits per heavy atom. The number of hydrogen-bond donors (Lipinski definition) is 5. The van der Waals surface area contributed by atoms with Crippen molar-refractivity contribution in [1.29, 1.82) is 5.41 Å². The van der Waals surface area contributed by atoms with Crippen molar-refractivity contribution in [3.63, 3.8) is 0 Å². The van der Waals surface area contributed by atoms with Crippen LogP contribution in [-0.4, -0.2) is 68.6 Å². The van der Waals surface area contributed by atoms with Crippen molar-refractivity contribution < 1.29 is 9.59 Å². The maximum absolute atomic E-state index is 12.9. The van der Waals surface area contributed by atoms with E-state index in [9.17, 15) is 9.59 Å². The number of carbonyl (C=O) groups excluding carboxylic acids is 2. The Labute approximate surface area is 247 Å². The summed E-state index contributed by atoms with van der Waals surface area (Å²) in [4.78, 5) is 39.7. The lowest BCUT2D eigenvalue weighted by molar-refractivity contribution is 0.0954. The number of amidine groups is 1. The minimum Gasteiger partial charge on any atom is -0.388 e. The molecule has 2 aromatic heterocycles. The average Bonchev–Trinajstić information content (AvgIpc) is 3.50. The Hall–Kier alpha value is -3.80. The molecular formula is C26H30Cl3N9O2. The van der Waals surface area contributed by atoms with Crippen molar-refractivity contribution >= 4 is 75.8 Å². The maximum Gasteiger partial charge on any atom is 0.256 e. The summed E-state index contributed by atoms with van der Waals surface area (Å²) in [6.07, 6.45) is 1.98. The van der Waals surface area contributed by atoms with E-state index in [1.165, 1.54) is 0 Å². The van der Waals surface area contributed by atoms with E-state index in [-0.39, 0.29) is 43.0 Å². The number of benzene rings is 2. The van der Waals surface area contributed by atoms with Crippen LogP contribution in [0.25, 0.3) is 22.7 Å². The molecule has 0 atom stereocenters. The lowest BCUT2D eigenvalue weighted by Crippen LogP contribution is -2.27. The normalized spacial score (nSPS) is 10.7. The van der Waals surface area contributed by atoms with Crippen molar-refractivity contribution in [3.05, 3.63) is 59.8 Å². The molecule has 2 aromatic carbocycles. The van der Waals surface area contributed by atoms with Gasteiger partial charge in [0.2, 0.25) is 0 Å². The fraction of sp³-hybridized carbons (Fsp3) is 0.269. The van der Waals surface area contributed by atoms with E-state index in [2.05, 4.69) is 30.5 Å². The van der Waals surface area contributed by atoms with E-state index in [0.717, 1.165) is 11.2 Å². The van der Waals surface area contributed by atoms with E-state index in [1.807, 2.05) is 12.1 Å². The molecule has 0 unspecified atom stereocenters. The summed E-state index contributed by atoms with van der Waals surface area (Å²) in [5.74, 6) is 1.78. The summed E-state index contributed by atoms with van der Waals surface area (Å²) in [6, 6.07) is 12.4.